The standard InChI is InChI=1S/C22H21N3O3/c1-13-6-10-18(11-7-13)25-21(27)19(20(26)24-22(25)28)14(2)23-17-9-8-15-4-3-5-16(15)12-17/h6-12,19,23H,2-5H2,1H3,(H,24,26,28)/t19-/m1/s1. The Morgan fingerprint density at radius 3 is 2.54 bits per heavy atom. The summed E-state index contributed by atoms with van der Waals surface area (Å²) in [6.07, 6.45) is 3.24. The number of fused-ring (bicyclic) bond motifs is 1. The van der Waals surface area contributed by atoms with E-state index in [1.165, 1.54) is 11.1 Å². The van der Waals surface area contributed by atoms with Crippen molar-refractivity contribution in [2.75, 3.05) is 10.2 Å². The van der Waals surface area contributed by atoms with E-state index >= 15 is 0 Å². The Hall–Kier alpha value is -3.41. The molecule has 1 aliphatic carbocycles. The number of nitrogens with one attached hydrogen (secondary N) is 2. The molecule has 6 nitrogen and oxygen atoms in total. The molecule has 0 bridgehead atoms. The first-order chi connectivity index (χ1) is 13.4. The van der Waals surface area contributed by atoms with Crippen LogP contribution in [-0.4, -0.2) is 17.8 Å². The fraction of sp³-hybridized carbons (Fsp3) is 0.227. The minimum absolute atomic E-state index is 0.241. The summed E-state index contributed by atoms with van der Waals surface area (Å²) in [6, 6.07) is 12.2. The molecule has 1 fully saturated rings. The first-order valence-electron chi connectivity index (χ1n) is 9.27. The van der Waals surface area contributed by atoms with Crippen LogP contribution >= 0.6 is 0 Å². The maximum Gasteiger partial charge on any atom is 0.335 e. The van der Waals surface area contributed by atoms with Gasteiger partial charge in [-0.1, -0.05) is 30.3 Å². The van der Waals surface area contributed by atoms with Gasteiger partial charge >= 0.3 is 6.03 Å². The van der Waals surface area contributed by atoms with Gasteiger partial charge in [0.05, 0.1) is 5.69 Å². The Labute approximate surface area is 163 Å². The van der Waals surface area contributed by atoms with E-state index in [1.807, 2.05) is 19.1 Å². The monoisotopic (exact) mass is 375 g/mol. The van der Waals surface area contributed by atoms with Crippen LogP contribution in [0.5, 0.6) is 0 Å². The van der Waals surface area contributed by atoms with Gasteiger partial charge in [-0.15, -0.1) is 0 Å². The van der Waals surface area contributed by atoms with Crippen molar-refractivity contribution in [3.63, 3.8) is 0 Å². The van der Waals surface area contributed by atoms with Gasteiger partial charge in [-0.3, -0.25) is 14.9 Å². The van der Waals surface area contributed by atoms with Gasteiger partial charge in [-0.2, -0.15) is 0 Å². The summed E-state index contributed by atoms with van der Waals surface area (Å²) in [4.78, 5) is 38.6. The number of urea groups is 1. The minimum atomic E-state index is -1.19. The van der Waals surface area contributed by atoms with E-state index in [4.69, 9.17) is 0 Å². The Balaban J connectivity index is 1.57. The predicted molar refractivity (Wildman–Crippen MR) is 107 cm³/mol. The van der Waals surface area contributed by atoms with E-state index in [9.17, 15) is 14.4 Å². The lowest BCUT2D eigenvalue weighted by Gasteiger charge is -2.31. The molecule has 0 aromatic heterocycles. The van der Waals surface area contributed by atoms with Gasteiger partial charge in [0.15, 0.2) is 5.92 Å². The van der Waals surface area contributed by atoms with E-state index < -0.39 is 23.8 Å². The number of hydrogen-bond donors (Lipinski definition) is 2. The second-order valence-corrected chi connectivity index (χ2v) is 7.22. The smallest absolute Gasteiger partial charge is 0.335 e. The molecule has 1 heterocycles. The molecule has 0 saturated carbocycles. The van der Waals surface area contributed by atoms with Gasteiger partial charge in [-0.05, 0) is 61.6 Å². The molecule has 4 amide bonds. The topological polar surface area (TPSA) is 78.5 Å². The van der Waals surface area contributed by atoms with E-state index in [1.54, 1.807) is 24.3 Å². The third kappa shape index (κ3) is 3.17. The summed E-state index contributed by atoms with van der Waals surface area (Å²) in [5.74, 6) is -2.47. The Morgan fingerprint density at radius 1 is 1.07 bits per heavy atom. The Morgan fingerprint density at radius 2 is 1.79 bits per heavy atom. The third-order valence-corrected chi connectivity index (χ3v) is 5.21. The summed E-state index contributed by atoms with van der Waals surface area (Å²) in [5, 5.41) is 5.34. The van der Waals surface area contributed by atoms with Gasteiger partial charge in [0.25, 0.3) is 5.91 Å². The zero-order valence-electron chi connectivity index (χ0n) is 15.6. The lowest BCUT2D eigenvalue weighted by atomic mass is 10.00. The predicted octanol–water partition coefficient (Wildman–Crippen LogP) is 3.31. The number of carbonyl (C=O) groups is 3. The second kappa shape index (κ2) is 6.96. The number of rotatable bonds is 4. The number of hydrogen-bond acceptors (Lipinski definition) is 4. The molecule has 1 saturated heterocycles. The molecule has 2 aromatic carbocycles. The lowest BCUT2D eigenvalue weighted by Crippen LogP contribution is -2.59. The van der Waals surface area contributed by atoms with Crippen molar-refractivity contribution in [3.8, 4) is 0 Å². The number of benzene rings is 2. The van der Waals surface area contributed by atoms with Crippen LogP contribution in [0.15, 0.2) is 54.7 Å². The Kier molecular flexibility index (Phi) is 4.47. The van der Waals surface area contributed by atoms with Crippen molar-refractivity contribution < 1.29 is 14.4 Å². The van der Waals surface area contributed by atoms with E-state index in [0.29, 0.717) is 5.69 Å². The first-order valence-corrected chi connectivity index (χ1v) is 9.27. The summed E-state index contributed by atoms with van der Waals surface area (Å²) >= 11 is 0. The molecule has 0 spiro atoms. The minimum Gasteiger partial charge on any atom is -0.358 e. The number of anilines is 2. The molecule has 142 valence electrons. The fourth-order valence-corrected chi connectivity index (χ4v) is 3.73. The van der Waals surface area contributed by atoms with Crippen molar-refractivity contribution in [3.05, 3.63) is 71.4 Å². The van der Waals surface area contributed by atoms with Crippen LogP contribution in [0.3, 0.4) is 0 Å². The molecule has 28 heavy (non-hydrogen) atoms. The van der Waals surface area contributed by atoms with Crippen LogP contribution in [0.2, 0.25) is 0 Å². The van der Waals surface area contributed by atoms with E-state index in [0.717, 1.165) is 35.4 Å². The number of nitrogens with zero attached hydrogens (tertiary/aromatic N) is 1. The maximum absolute atomic E-state index is 13.0. The highest BCUT2D eigenvalue weighted by Gasteiger charge is 2.43. The highest BCUT2D eigenvalue weighted by molar-refractivity contribution is 6.28. The van der Waals surface area contributed by atoms with Crippen molar-refractivity contribution in [2.45, 2.75) is 26.2 Å². The summed E-state index contributed by atoms with van der Waals surface area (Å²) in [7, 11) is 0. The Bertz CT molecular complexity index is 995. The SMILES string of the molecule is C=C(Nc1ccc2c(c1)CCC2)[C@@H]1C(=O)NC(=O)N(c2ccc(C)cc2)C1=O. The summed E-state index contributed by atoms with van der Waals surface area (Å²) in [6.45, 7) is 5.82. The van der Waals surface area contributed by atoms with Gasteiger partial charge in [0.2, 0.25) is 5.91 Å². The molecule has 4 rings (SSSR count). The molecule has 0 radical (unpaired) electrons. The highest BCUT2D eigenvalue weighted by atomic mass is 16.2. The van der Waals surface area contributed by atoms with Crippen LogP contribution in [0, 0.1) is 12.8 Å². The van der Waals surface area contributed by atoms with Gasteiger partial charge < -0.3 is 5.32 Å². The molecule has 2 aromatic rings. The number of aryl methyl sites for hydroxylation is 3. The molecule has 2 N–H and O–H groups in total. The van der Waals surface area contributed by atoms with Gasteiger partial charge in [-0.25, -0.2) is 9.69 Å². The van der Waals surface area contributed by atoms with E-state index in [-0.39, 0.29) is 5.70 Å². The number of barbiturate groups is 1. The number of amides is 4. The van der Waals surface area contributed by atoms with Crippen LogP contribution in [0.25, 0.3) is 0 Å². The molecule has 1 aliphatic heterocycles. The first kappa shape index (κ1) is 18.0. The van der Waals surface area contributed by atoms with Crippen LogP contribution < -0.4 is 15.5 Å². The quantitative estimate of drug-likeness (QED) is 0.804. The normalized spacial score (nSPS) is 18.7. The van der Waals surface area contributed by atoms with Crippen molar-refractivity contribution in [1.82, 2.24) is 5.32 Å². The molecule has 1 atom stereocenters. The van der Waals surface area contributed by atoms with Crippen molar-refractivity contribution in [2.24, 2.45) is 5.92 Å². The fourth-order valence-electron chi connectivity index (χ4n) is 3.73. The third-order valence-electron chi connectivity index (χ3n) is 5.21. The van der Waals surface area contributed by atoms with Crippen molar-refractivity contribution >= 4 is 29.2 Å². The number of carbonyl (C=O) groups excluding carboxylic acids is 3. The second-order valence-electron chi connectivity index (χ2n) is 7.22. The lowest BCUT2D eigenvalue weighted by molar-refractivity contribution is -0.132. The summed E-state index contributed by atoms with van der Waals surface area (Å²) < 4.78 is 0. The van der Waals surface area contributed by atoms with Crippen LogP contribution in [0.1, 0.15) is 23.1 Å². The summed E-state index contributed by atoms with van der Waals surface area (Å²) in [5.41, 5.74) is 5.04. The molecule has 6 heteroatoms. The zero-order valence-corrected chi connectivity index (χ0v) is 15.6. The van der Waals surface area contributed by atoms with Gasteiger partial charge in [0.1, 0.15) is 0 Å². The zero-order chi connectivity index (χ0) is 19.8. The largest absolute Gasteiger partial charge is 0.358 e. The van der Waals surface area contributed by atoms with Crippen molar-refractivity contribution in [1.29, 1.82) is 0 Å². The van der Waals surface area contributed by atoms with Gasteiger partial charge in [0, 0.05) is 11.4 Å². The molecular weight excluding hydrogens is 354 g/mol. The van der Waals surface area contributed by atoms with Crippen LogP contribution in [0.4, 0.5) is 16.2 Å². The number of imide groups is 2. The highest BCUT2D eigenvalue weighted by Crippen LogP contribution is 2.28. The van der Waals surface area contributed by atoms with Crippen LogP contribution in [-0.2, 0) is 22.4 Å². The molecule has 2 aliphatic rings. The molecular formula is C22H21N3O3. The van der Waals surface area contributed by atoms with E-state index in [2.05, 4.69) is 23.3 Å². The average Bonchev–Trinajstić information content (AvgIpc) is 3.10. The average molecular weight is 375 g/mol. The molecule has 0 unspecified atom stereocenters. The maximum atomic E-state index is 13.0.